The average Bonchev–Trinajstić information content (AvgIpc) is 2.85. The van der Waals surface area contributed by atoms with Crippen molar-refractivity contribution < 1.29 is 10.0 Å². The first-order chi connectivity index (χ1) is 9.10. The van der Waals surface area contributed by atoms with Gasteiger partial charge < -0.3 is 15.8 Å². The van der Waals surface area contributed by atoms with E-state index >= 15 is 0 Å². The van der Waals surface area contributed by atoms with Crippen molar-refractivity contribution in [3.05, 3.63) is 20.8 Å². The third kappa shape index (κ3) is 3.68. The summed E-state index contributed by atoms with van der Waals surface area (Å²) in [6.07, 6.45) is 0. The van der Waals surface area contributed by atoms with Gasteiger partial charge in [-0.3, -0.25) is 9.69 Å². The molecule has 6 nitrogen and oxygen atoms in total. The van der Waals surface area contributed by atoms with E-state index in [9.17, 15) is 4.79 Å². The van der Waals surface area contributed by atoms with Crippen LogP contribution in [0.15, 0.2) is 21.1 Å². The summed E-state index contributed by atoms with van der Waals surface area (Å²) in [7, 11) is 0. The van der Waals surface area contributed by atoms with E-state index < -0.39 is 0 Å². The van der Waals surface area contributed by atoms with Gasteiger partial charge in [0.25, 0.3) is 5.91 Å². The fourth-order valence-electron chi connectivity index (χ4n) is 1.95. The second-order valence-corrected chi connectivity index (χ2v) is 6.73. The Balaban J connectivity index is 1.88. The van der Waals surface area contributed by atoms with Crippen molar-refractivity contribution >= 4 is 39.0 Å². The first kappa shape index (κ1) is 14.3. The monoisotopic (exact) mass is 346 g/mol. The topological polar surface area (TPSA) is 82.2 Å². The molecule has 19 heavy (non-hydrogen) atoms. The molecule has 1 aromatic heterocycles. The van der Waals surface area contributed by atoms with Crippen LogP contribution in [0.3, 0.4) is 0 Å². The molecule has 2 heterocycles. The number of carbonyl (C=O) groups is 1. The molecular weight excluding hydrogens is 332 g/mol. The normalized spacial score (nSPS) is 17.7. The largest absolute Gasteiger partial charge is 0.409 e. The number of halogens is 1. The van der Waals surface area contributed by atoms with Crippen LogP contribution in [0, 0.1) is 0 Å². The standard InChI is InChI=1S/C11H15BrN4O2S/c12-9-2-1-8(19-9)11(17)16-5-3-15(4-6-16)7-10(13)14-18/h1-2,18H,3-7H2,(H2,13,14). The lowest BCUT2D eigenvalue weighted by atomic mass is 10.3. The minimum atomic E-state index is 0.0687. The van der Waals surface area contributed by atoms with Crippen LogP contribution < -0.4 is 5.73 Å². The molecule has 1 fully saturated rings. The van der Waals surface area contributed by atoms with E-state index in [0.29, 0.717) is 19.6 Å². The Morgan fingerprint density at radius 2 is 2.11 bits per heavy atom. The molecule has 0 aromatic carbocycles. The summed E-state index contributed by atoms with van der Waals surface area (Å²) in [4.78, 5) is 16.8. The number of oxime groups is 1. The Kier molecular flexibility index (Phi) is 4.78. The molecule has 1 amide bonds. The predicted octanol–water partition coefficient (Wildman–Crippen LogP) is 1.01. The Hall–Kier alpha value is -1.12. The van der Waals surface area contributed by atoms with Crippen molar-refractivity contribution in [3.63, 3.8) is 0 Å². The zero-order valence-corrected chi connectivity index (χ0v) is 12.7. The van der Waals surface area contributed by atoms with Gasteiger partial charge in [0.15, 0.2) is 5.84 Å². The molecule has 0 atom stereocenters. The van der Waals surface area contributed by atoms with Crippen LogP contribution in [0.4, 0.5) is 0 Å². The molecular formula is C11H15BrN4O2S. The van der Waals surface area contributed by atoms with Crippen LogP contribution in [0.1, 0.15) is 9.67 Å². The molecule has 1 saturated heterocycles. The number of piperazine rings is 1. The minimum absolute atomic E-state index is 0.0687. The first-order valence-corrected chi connectivity index (χ1v) is 7.44. The number of amidine groups is 1. The highest BCUT2D eigenvalue weighted by atomic mass is 79.9. The maximum absolute atomic E-state index is 12.2. The molecule has 2 rings (SSSR count). The Labute approximate surface area is 123 Å². The number of hydrogen-bond donors (Lipinski definition) is 2. The van der Waals surface area contributed by atoms with Crippen LogP contribution in [0.25, 0.3) is 0 Å². The van der Waals surface area contributed by atoms with Gasteiger partial charge in [0.2, 0.25) is 0 Å². The van der Waals surface area contributed by atoms with Gasteiger partial charge in [-0.05, 0) is 28.1 Å². The van der Waals surface area contributed by atoms with Gasteiger partial charge in [-0.1, -0.05) is 5.16 Å². The summed E-state index contributed by atoms with van der Waals surface area (Å²) in [5, 5.41) is 11.5. The molecule has 3 N–H and O–H groups in total. The van der Waals surface area contributed by atoms with Crippen LogP contribution in [0.5, 0.6) is 0 Å². The number of amides is 1. The predicted molar refractivity (Wildman–Crippen MR) is 77.8 cm³/mol. The van der Waals surface area contributed by atoms with E-state index in [4.69, 9.17) is 10.9 Å². The van der Waals surface area contributed by atoms with Crippen molar-refractivity contribution in [3.8, 4) is 0 Å². The lowest BCUT2D eigenvalue weighted by Gasteiger charge is -2.34. The zero-order valence-electron chi connectivity index (χ0n) is 10.3. The fourth-order valence-corrected chi connectivity index (χ4v) is 3.31. The molecule has 1 aliphatic rings. The number of hydrogen-bond acceptors (Lipinski definition) is 5. The van der Waals surface area contributed by atoms with E-state index in [0.717, 1.165) is 21.8 Å². The molecule has 8 heteroatoms. The number of rotatable bonds is 3. The molecule has 0 unspecified atom stereocenters. The van der Waals surface area contributed by atoms with Crippen molar-refractivity contribution in [2.45, 2.75) is 0 Å². The van der Waals surface area contributed by atoms with Crippen molar-refractivity contribution in [2.24, 2.45) is 10.9 Å². The van der Waals surface area contributed by atoms with Gasteiger partial charge in [0.05, 0.1) is 15.2 Å². The smallest absolute Gasteiger partial charge is 0.264 e. The van der Waals surface area contributed by atoms with Crippen LogP contribution in [0.2, 0.25) is 0 Å². The van der Waals surface area contributed by atoms with Crippen LogP contribution in [-0.2, 0) is 0 Å². The molecule has 0 saturated carbocycles. The highest BCUT2D eigenvalue weighted by Crippen LogP contribution is 2.23. The molecule has 1 aromatic rings. The van der Waals surface area contributed by atoms with Gasteiger partial charge in [-0.15, -0.1) is 11.3 Å². The third-order valence-electron chi connectivity index (χ3n) is 2.96. The van der Waals surface area contributed by atoms with Gasteiger partial charge >= 0.3 is 0 Å². The molecule has 104 valence electrons. The number of nitrogens with zero attached hydrogens (tertiary/aromatic N) is 3. The first-order valence-electron chi connectivity index (χ1n) is 5.83. The zero-order chi connectivity index (χ0) is 13.8. The molecule has 0 radical (unpaired) electrons. The Morgan fingerprint density at radius 3 is 2.63 bits per heavy atom. The van der Waals surface area contributed by atoms with E-state index in [2.05, 4.69) is 26.0 Å². The third-order valence-corrected chi connectivity index (χ3v) is 4.57. The molecule has 0 bridgehead atoms. The second-order valence-electron chi connectivity index (χ2n) is 4.26. The van der Waals surface area contributed by atoms with Crippen LogP contribution in [-0.4, -0.2) is 59.5 Å². The minimum Gasteiger partial charge on any atom is -0.409 e. The highest BCUT2D eigenvalue weighted by Gasteiger charge is 2.23. The van der Waals surface area contributed by atoms with Gasteiger partial charge in [-0.2, -0.15) is 0 Å². The average molecular weight is 347 g/mol. The van der Waals surface area contributed by atoms with E-state index in [1.165, 1.54) is 11.3 Å². The van der Waals surface area contributed by atoms with Crippen LogP contribution >= 0.6 is 27.3 Å². The van der Waals surface area contributed by atoms with Crippen molar-refractivity contribution in [1.82, 2.24) is 9.80 Å². The van der Waals surface area contributed by atoms with Crippen molar-refractivity contribution in [2.75, 3.05) is 32.7 Å². The summed E-state index contributed by atoms with van der Waals surface area (Å²) in [5.41, 5.74) is 5.47. The van der Waals surface area contributed by atoms with E-state index in [-0.39, 0.29) is 11.7 Å². The highest BCUT2D eigenvalue weighted by molar-refractivity contribution is 9.11. The SMILES string of the molecule is NC(CN1CCN(C(=O)c2ccc(Br)s2)CC1)=NO. The molecule has 0 spiro atoms. The maximum atomic E-state index is 12.2. The van der Waals surface area contributed by atoms with Gasteiger partial charge in [0, 0.05) is 26.2 Å². The lowest BCUT2D eigenvalue weighted by Crippen LogP contribution is -2.50. The number of nitrogens with two attached hydrogens (primary N) is 1. The summed E-state index contributed by atoms with van der Waals surface area (Å²) in [6, 6.07) is 3.71. The molecule has 0 aliphatic carbocycles. The fraction of sp³-hybridized carbons (Fsp3) is 0.455. The quantitative estimate of drug-likeness (QED) is 0.370. The lowest BCUT2D eigenvalue weighted by molar-refractivity contribution is 0.0658. The number of carbonyl (C=O) groups excluding carboxylic acids is 1. The van der Waals surface area contributed by atoms with Crippen molar-refractivity contribution in [1.29, 1.82) is 0 Å². The second kappa shape index (κ2) is 6.36. The van der Waals surface area contributed by atoms with Gasteiger partial charge in [0.1, 0.15) is 0 Å². The number of thiophene rings is 1. The summed E-state index contributed by atoms with van der Waals surface area (Å²) in [6.45, 7) is 3.21. The summed E-state index contributed by atoms with van der Waals surface area (Å²) in [5.74, 6) is 0.265. The Morgan fingerprint density at radius 1 is 1.42 bits per heavy atom. The summed E-state index contributed by atoms with van der Waals surface area (Å²) < 4.78 is 0.960. The maximum Gasteiger partial charge on any atom is 0.264 e. The Bertz CT molecular complexity index is 483. The molecule has 1 aliphatic heterocycles. The van der Waals surface area contributed by atoms with Gasteiger partial charge in [-0.25, -0.2) is 0 Å². The van der Waals surface area contributed by atoms with E-state index in [1.54, 1.807) is 0 Å². The van der Waals surface area contributed by atoms with E-state index in [1.807, 2.05) is 17.0 Å². The summed E-state index contributed by atoms with van der Waals surface area (Å²) >= 11 is 4.80.